The van der Waals surface area contributed by atoms with Crippen LogP contribution in [0.3, 0.4) is 0 Å². The van der Waals surface area contributed by atoms with Gasteiger partial charge in [0.1, 0.15) is 17.0 Å². The summed E-state index contributed by atoms with van der Waals surface area (Å²) in [6.45, 7) is 0. The van der Waals surface area contributed by atoms with Gasteiger partial charge in [-0.1, -0.05) is 11.6 Å². The Morgan fingerprint density at radius 1 is 1.06 bits per heavy atom. The minimum absolute atomic E-state index is 0.129. The Labute approximate surface area is 186 Å². The summed E-state index contributed by atoms with van der Waals surface area (Å²) in [6, 6.07) is 11.3. The van der Waals surface area contributed by atoms with Crippen molar-refractivity contribution in [1.82, 2.24) is 14.1 Å². The average molecular weight is 455 g/mol. The lowest BCUT2D eigenvalue weighted by Gasteiger charge is -2.11. The standard InChI is InChI=1S/C22H19ClN4O5/c1-26-11-15(20(28)24-16-10-14(31-2)8-9-17(16)32-3)18-19(26)21(29)27(22(30)25-18)13-6-4-12(23)5-7-13/h4-11H,1-3H3,(H,24,28)(H,25,30). The van der Waals surface area contributed by atoms with Gasteiger partial charge in [0.15, 0.2) is 0 Å². The summed E-state index contributed by atoms with van der Waals surface area (Å²) in [4.78, 5) is 41.6. The number of hydrogen-bond acceptors (Lipinski definition) is 5. The van der Waals surface area contributed by atoms with Crippen molar-refractivity contribution in [1.29, 1.82) is 0 Å². The number of amides is 1. The van der Waals surface area contributed by atoms with E-state index in [4.69, 9.17) is 21.1 Å². The molecular weight excluding hydrogens is 436 g/mol. The fourth-order valence-electron chi connectivity index (χ4n) is 3.47. The van der Waals surface area contributed by atoms with Crippen LogP contribution >= 0.6 is 11.6 Å². The third-order valence-electron chi connectivity index (χ3n) is 5.01. The molecule has 0 aliphatic heterocycles. The minimum Gasteiger partial charge on any atom is -0.497 e. The molecular formula is C22H19ClN4O5. The SMILES string of the molecule is COc1ccc(OC)c(NC(=O)c2cn(C)c3c(=O)n(-c4ccc(Cl)cc4)c(=O)[nH]c23)c1. The summed E-state index contributed by atoms with van der Waals surface area (Å²) in [5.41, 5.74) is -0.0728. The highest BCUT2D eigenvalue weighted by Gasteiger charge is 2.21. The summed E-state index contributed by atoms with van der Waals surface area (Å²) in [7, 11) is 4.61. The van der Waals surface area contributed by atoms with Crippen LogP contribution in [0, 0.1) is 0 Å². The van der Waals surface area contributed by atoms with E-state index in [0.717, 1.165) is 4.57 Å². The zero-order valence-corrected chi connectivity index (χ0v) is 18.2. The van der Waals surface area contributed by atoms with Gasteiger partial charge < -0.3 is 24.3 Å². The van der Waals surface area contributed by atoms with E-state index in [-0.39, 0.29) is 16.6 Å². The maximum Gasteiger partial charge on any atom is 0.333 e. The van der Waals surface area contributed by atoms with Crippen LogP contribution < -0.4 is 26.0 Å². The number of aromatic amines is 1. The minimum atomic E-state index is -0.677. The van der Waals surface area contributed by atoms with Crippen LogP contribution in [-0.2, 0) is 7.05 Å². The average Bonchev–Trinajstić information content (AvgIpc) is 3.11. The molecule has 0 bridgehead atoms. The number of benzene rings is 2. The molecule has 0 fully saturated rings. The molecule has 10 heteroatoms. The normalized spacial score (nSPS) is 10.9. The molecule has 0 unspecified atom stereocenters. The molecule has 2 heterocycles. The van der Waals surface area contributed by atoms with E-state index in [1.54, 1.807) is 49.5 Å². The first-order valence-electron chi connectivity index (χ1n) is 9.47. The molecule has 4 rings (SSSR count). The topological polar surface area (TPSA) is 107 Å². The number of hydrogen-bond donors (Lipinski definition) is 2. The maximum absolute atomic E-state index is 13.2. The third kappa shape index (κ3) is 3.63. The molecule has 0 spiro atoms. The zero-order chi connectivity index (χ0) is 23.0. The van der Waals surface area contributed by atoms with Crippen LogP contribution in [0.25, 0.3) is 16.7 Å². The number of fused-ring (bicyclic) bond motifs is 1. The zero-order valence-electron chi connectivity index (χ0n) is 17.4. The number of H-pyrrole nitrogens is 1. The van der Waals surface area contributed by atoms with Crippen LogP contribution in [0.4, 0.5) is 5.69 Å². The Kier molecular flexibility index (Phi) is 5.50. The van der Waals surface area contributed by atoms with Crippen molar-refractivity contribution in [3.8, 4) is 17.2 Å². The molecule has 4 aromatic rings. The number of aryl methyl sites for hydroxylation is 1. The van der Waals surface area contributed by atoms with Crippen molar-refractivity contribution >= 4 is 34.2 Å². The fourth-order valence-corrected chi connectivity index (χ4v) is 3.60. The maximum atomic E-state index is 13.2. The molecule has 0 atom stereocenters. The number of ether oxygens (including phenoxy) is 2. The van der Waals surface area contributed by atoms with E-state index in [1.807, 2.05) is 0 Å². The third-order valence-corrected chi connectivity index (χ3v) is 5.26. The van der Waals surface area contributed by atoms with Crippen molar-refractivity contribution in [2.75, 3.05) is 19.5 Å². The highest BCUT2D eigenvalue weighted by atomic mass is 35.5. The molecule has 2 N–H and O–H groups in total. The lowest BCUT2D eigenvalue weighted by Crippen LogP contribution is -2.34. The fraction of sp³-hybridized carbons (Fsp3) is 0.136. The molecule has 1 amide bonds. The van der Waals surface area contributed by atoms with Crippen LogP contribution in [0.2, 0.25) is 5.02 Å². The van der Waals surface area contributed by atoms with Crippen LogP contribution in [0.1, 0.15) is 10.4 Å². The van der Waals surface area contributed by atoms with Crippen LogP contribution in [0.5, 0.6) is 11.5 Å². The van der Waals surface area contributed by atoms with Gasteiger partial charge in [-0.25, -0.2) is 9.36 Å². The Bertz CT molecular complexity index is 1450. The molecule has 32 heavy (non-hydrogen) atoms. The van der Waals surface area contributed by atoms with Gasteiger partial charge in [-0.15, -0.1) is 0 Å². The van der Waals surface area contributed by atoms with Gasteiger partial charge in [-0.05, 0) is 36.4 Å². The first-order valence-corrected chi connectivity index (χ1v) is 9.85. The highest BCUT2D eigenvalue weighted by Crippen LogP contribution is 2.29. The van der Waals surface area contributed by atoms with Crippen LogP contribution in [-0.4, -0.2) is 34.2 Å². The first kappa shape index (κ1) is 21.3. The van der Waals surface area contributed by atoms with E-state index in [2.05, 4.69) is 10.3 Å². The monoisotopic (exact) mass is 454 g/mol. The summed E-state index contributed by atoms with van der Waals surface area (Å²) in [5, 5.41) is 3.22. The Balaban J connectivity index is 1.82. The number of aromatic nitrogens is 3. The van der Waals surface area contributed by atoms with Gasteiger partial charge in [0.25, 0.3) is 11.5 Å². The number of methoxy groups -OCH3 is 2. The predicted molar refractivity (Wildman–Crippen MR) is 122 cm³/mol. The second kappa shape index (κ2) is 8.27. The van der Waals surface area contributed by atoms with Gasteiger partial charge >= 0.3 is 5.69 Å². The molecule has 2 aromatic carbocycles. The van der Waals surface area contributed by atoms with E-state index in [1.165, 1.54) is 25.0 Å². The van der Waals surface area contributed by atoms with E-state index in [0.29, 0.717) is 27.9 Å². The molecule has 164 valence electrons. The van der Waals surface area contributed by atoms with E-state index in [9.17, 15) is 14.4 Å². The van der Waals surface area contributed by atoms with Crippen molar-refractivity contribution in [3.63, 3.8) is 0 Å². The molecule has 0 radical (unpaired) electrons. The van der Waals surface area contributed by atoms with Crippen molar-refractivity contribution in [2.45, 2.75) is 0 Å². The van der Waals surface area contributed by atoms with E-state index >= 15 is 0 Å². The Morgan fingerprint density at radius 2 is 1.78 bits per heavy atom. The second-order valence-electron chi connectivity index (χ2n) is 6.94. The number of rotatable bonds is 5. The summed E-state index contributed by atoms with van der Waals surface area (Å²) in [5.74, 6) is 0.428. The smallest absolute Gasteiger partial charge is 0.333 e. The van der Waals surface area contributed by atoms with Crippen molar-refractivity contribution in [3.05, 3.63) is 80.1 Å². The van der Waals surface area contributed by atoms with Gasteiger partial charge in [0.2, 0.25) is 0 Å². The molecule has 2 aromatic heterocycles. The quantitative estimate of drug-likeness (QED) is 0.482. The van der Waals surface area contributed by atoms with Gasteiger partial charge in [0, 0.05) is 24.3 Å². The number of carbonyl (C=O) groups is 1. The van der Waals surface area contributed by atoms with Gasteiger partial charge in [0.05, 0.1) is 36.7 Å². The lowest BCUT2D eigenvalue weighted by molar-refractivity contribution is 0.102. The number of carbonyl (C=O) groups excluding carboxylic acids is 1. The van der Waals surface area contributed by atoms with Crippen molar-refractivity contribution < 1.29 is 14.3 Å². The Hall–Kier alpha value is -3.98. The van der Waals surface area contributed by atoms with Crippen molar-refractivity contribution in [2.24, 2.45) is 7.05 Å². The molecule has 0 aliphatic rings. The van der Waals surface area contributed by atoms with Gasteiger partial charge in [-0.3, -0.25) is 9.59 Å². The Morgan fingerprint density at radius 3 is 2.44 bits per heavy atom. The number of nitrogens with zero attached hydrogens (tertiary/aromatic N) is 2. The highest BCUT2D eigenvalue weighted by molar-refractivity contribution is 6.30. The summed E-state index contributed by atoms with van der Waals surface area (Å²) >= 11 is 5.91. The molecule has 0 saturated heterocycles. The number of anilines is 1. The number of halogens is 1. The number of nitrogens with one attached hydrogen (secondary N) is 2. The molecule has 0 aliphatic carbocycles. The van der Waals surface area contributed by atoms with Gasteiger partial charge in [-0.2, -0.15) is 0 Å². The van der Waals surface area contributed by atoms with E-state index < -0.39 is 17.2 Å². The largest absolute Gasteiger partial charge is 0.497 e. The summed E-state index contributed by atoms with van der Waals surface area (Å²) in [6.07, 6.45) is 1.48. The van der Waals surface area contributed by atoms with Crippen LogP contribution in [0.15, 0.2) is 58.3 Å². The summed E-state index contributed by atoms with van der Waals surface area (Å²) < 4.78 is 13.0. The lowest BCUT2D eigenvalue weighted by atomic mass is 10.2. The second-order valence-corrected chi connectivity index (χ2v) is 7.38. The predicted octanol–water partition coefficient (Wildman–Crippen LogP) is 2.94. The molecule has 0 saturated carbocycles. The molecule has 9 nitrogen and oxygen atoms in total. The first-order chi connectivity index (χ1) is 15.3.